The molecule has 2 aromatic rings. The van der Waals surface area contributed by atoms with Crippen molar-refractivity contribution in [3.8, 4) is 5.69 Å². The molecule has 1 fully saturated rings. The van der Waals surface area contributed by atoms with E-state index in [1.807, 2.05) is 34.7 Å². The topological polar surface area (TPSA) is 29.9 Å². The van der Waals surface area contributed by atoms with Gasteiger partial charge in [0, 0.05) is 24.2 Å². The second kappa shape index (κ2) is 5.88. The van der Waals surface area contributed by atoms with E-state index in [1.54, 1.807) is 12.5 Å². The van der Waals surface area contributed by atoms with Crippen molar-refractivity contribution >= 4 is 29.1 Å². The van der Waals surface area contributed by atoms with Gasteiger partial charge in [0.25, 0.3) is 0 Å². The van der Waals surface area contributed by atoms with E-state index in [4.69, 9.17) is 11.6 Å². The first-order chi connectivity index (χ1) is 9.34. The molecular formula is C14H16ClN3S. The number of nitrogens with one attached hydrogen (secondary N) is 1. The number of para-hydroxylation sites is 1. The minimum atomic E-state index is 0.527. The van der Waals surface area contributed by atoms with E-state index in [1.165, 1.54) is 18.6 Å². The van der Waals surface area contributed by atoms with Gasteiger partial charge in [0.2, 0.25) is 0 Å². The second-order valence-electron chi connectivity index (χ2n) is 4.66. The molecule has 1 aliphatic heterocycles. The van der Waals surface area contributed by atoms with Gasteiger partial charge in [-0.05, 0) is 30.7 Å². The molecule has 0 bridgehead atoms. The van der Waals surface area contributed by atoms with E-state index in [2.05, 4.69) is 16.4 Å². The molecule has 19 heavy (non-hydrogen) atoms. The molecule has 100 valence electrons. The van der Waals surface area contributed by atoms with Crippen LogP contribution in [0.4, 0.5) is 5.69 Å². The third-order valence-electron chi connectivity index (χ3n) is 3.27. The summed E-state index contributed by atoms with van der Waals surface area (Å²) < 4.78 is 1.96. The molecule has 5 heteroatoms. The normalized spacial score (nSPS) is 19.3. The summed E-state index contributed by atoms with van der Waals surface area (Å²) in [6.07, 6.45) is 7.97. The first-order valence-electron chi connectivity index (χ1n) is 6.46. The van der Waals surface area contributed by atoms with Crippen LogP contribution in [-0.2, 0) is 0 Å². The molecule has 0 spiro atoms. The zero-order chi connectivity index (χ0) is 13.1. The zero-order valence-corrected chi connectivity index (χ0v) is 12.1. The first-order valence-corrected chi connectivity index (χ1v) is 7.99. The van der Waals surface area contributed by atoms with E-state index < -0.39 is 0 Å². The fourth-order valence-electron chi connectivity index (χ4n) is 2.36. The van der Waals surface area contributed by atoms with Gasteiger partial charge in [0.15, 0.2) is 0 Å². The van der Waals surface area contributed by atoms with Crippen molar-refractivity contribution < 1.29 is 0 Å². The van der Waals surface area contributed by atoms with Gasteiger partial charge in [-0.25, -0.2) is 4.98 Å². The first kappa shape index (κ1) is 12.9. The highest BCUT2D eigenvalue weighted by Crippen LogP contribution is 2.30. The largest absolute Gasteiger partial charge is 0.380 e. The van der Waals surface area contributed by atoms with Gasteiger partial charge < -0.3 is 9.88 Å². The Hall–Kier alpha value is -1.13. The van der Waals surface area contributed by atoms with Gasteiger partial charge in [0.1, 0.15) is 0 Å². The van der Waals surface area contributed by atoms with Crippen LogP contribution < -0.4 is 5.32 Å². The Morgan fingerprint density at radius 1 is 1.42 bits per heavy atom. The molecule has 1 N–H and O–H groups in total. The third kappa shape index (κ3) is 2.90. The van der Waals surface area contributed by atoms with Gasteiger partial charge in [-0.15, -0.1) is 0 Å². The Labute approximate surface area is 122 Å². The van der Waals surface area contributed by atoms with Gasteiger partial charge in [-0.2, -0.15) is 11.8 Å². The Morgan fingerprint density at radius 2 is 2.37 bits per heavy atom. The number of hydrogen-bond donors (Lipinski definition) is 1. The highest BCUT2D eigenvalue weighted by atomic mass is 35.5. The van der Waals surface area contributed by atoms with Crippen LogP contribution >= 0.6 is 23.4 Å². The summed E-state index contributed by atoms with van der Waals surface area (Å²) in [6.45, 7) is 0. The molecule has 1 aliphatic rings. The van der Waals surface area contributed by atoms with Crippen molar-refractivity contribution in [2.24, 2.45) is 0 Å². The van der Waals surface area contributed by atoms with Crippen molar-refractivity contribution in [1.82, 2.24) is 9.55 Å². The molecule has 3 rings (SSSR count). The number of thioether (sulfide) groups is 1. The minimum absolute atomic E-state index is 0.527. The average Bonchev–Trinajstić information content (AvgIpc) is 2.94. The van der Waals surface area contributed by atoms with Crippen molar-refractivity contribution in [2.45, 2.75) is 18.9 Å². The molecule has 2 heterocycles. The van der Waals surface area contributed by atoms with Crippen LogP contribution in [0.3, 0.4) is 0 Å². The number of nitrogens with zero attached hydrogens (tertiary/aromatic N) is 2. The number of aromatic nitrogens is 2. The Morgan fingerprint density at radius 3 is 3.11 bits per heavy atom. The molecule has 0 saturated carbocycles. The maximum Gasteiger partial charge on any atom is 0.0992 e. The number of rotatable bonds is 3. The highest BCUT2D eigenvalue weighted by molar-refractivity contribution is 7.99. The Kier molecular flexibility index (Phi) is 3.99. The molecule has 0 amide bonds. The summed E-state index contributed by atoms with van der Waals surface area (Å²) in [4.78, 5) is 4.10. The molecule has 1 atom stereocenters. The van der Waals surface area contributed by atoms with Crippen molar-refractivity contribution in [2.75, 3.05) is 16.8 Å². The predicted octanol–water partition coefficient (Wildman–Crippen LogP) is 3.83. The quantitative estimate of drug-likeness (QED) is 0.933. The highest BCUT2D eigenvalue weighted by Gasteiger charge is 2.16. The fraction of sp³-hybridized carbons (Fsp3) is 0.357. The summed E-state index contributed by atoms with van der Waals surface area (Å²) in [6, 6.07) is 6.51. The lowest BCUT2D eigenvalue weighted by atomic mass is 10.1. The lowest BCUT2D eigenvalue weighted by Crippen LogP contribution is -2.26. The van der Waals surface area contributed by atoms with E-state index in [0.717, 1.165) is 22.2 Å². The smallest absolute Gasteiger partial charge is 0.0992 e. The van der Waals surface area contributed by atoms with Gasteiger partial charge in [-0.1, -0.05) is 17.7 Å². The number of imidazole rings is 1. The van der Waals surface area contributed by atoms with Crippen LogP contribution in [0.15, 0.2) is 36.9 Å². The van der Waals surface area contributed by atoms with Crippen LogP contribution in [0.1, 0.15) is 12.8 Å². The van der Waals surface area contributed by atoms with Gasteiger partial charge in [-0.3, -0.25) is 0 Å². The second-order valence-corrected chi connectivity index (χ2v) is 6.22. The van der Waals surface area contributed by atoms with Crippen molar-refractivity contribution in [3.63, 3.8) is 0 Å². The van der Waals surface area contributed by atoms with E-state index in [-0.39, 0.29) is 0 Å². The maximum absolute atomic E-state index is 6.34. The summed E-state index contributed by atoms with van der Waals surface area (Å²) in [5.74, 6) is 2.44. The van der Waals surface area contributed by atoms with Crippen LogP contribution in [0.5, 0.6) is 0 Å². The molecule has 3 nitrogen and oxygen atoms in total. The van der Waals surface area contributed by atoms with E-state index in [0.29, 0.717) is 6.04 Å². The minimum Gasteiger partial charge on any atom is -0.380 e. The molecule has 1 aromatic heterocycles. The van der Waals surface area contributed by atoms with Crippen LogP contribution in [-0.4, -0.2) is 27.1 Å². The number of anilines is 1. The monoisotopic (exact) mass is 293 g/mol. The fourth-order valence-corrected chi connectivity index (χ4v) is 3.70. The van der Waals surface area contributed by atoms with E-state index in [9.17, 15) is 0 Å². The summed E-state index contributed by atoms with van der Waals surface area (Å²) >= 11 is 8.36. The van der Waals surface area contributed by atoms with Crippen molar-refractivity contribution in [1.29, 1.82) is 0 Å². The van der Waals surface area contributed by atoms with Crippen molar-refractivity contribution in [3.05, 3.63) is 41.9 Å². The van der Waals surface area contributed by atoms with Crippen LogP contribution in [0.25, 0.3) is 5.69 Å². The third-order valence-corrected chi connectivity index (χ3v) is 4.79. The molecule has 0 aliphatic carbocycles. The average molecular weight is 294 g/mol. The lowest BCUT2D eigenvalue weighted by molar-refractivity contribution is 0.684. The Bertz CT molecular complexity index is 536. The standard InChI is InChI=1S/C14H16ClN3S/c15-12-4-1-5-13(14(12)18-7-6-16-10-18)17-11-3-2-8-19-9-11/h1,4-7,10-11,17H,2-3,8-9H2. The molecule has 1 unspecified atom stereocenters. The number of benzene rings is 1. The zero-order valence-electron chi connectivity index (χ0n) is 10.6. The maximum atomic E-state index is 6.34. The lowest BCUT2D eigenvalue weighted by Gasteiger charge is -2.25. The number of hydrogen-bond acceptors (Lipinski definition) is 3. The SMILES string of the molecule is Clc1cccc(NC2CCCSC2)c1-n1ccnc1. The predicted molar refractivity (Wildman–Crippen MR) is 82.5 cm³/mol. The van der Waals surface area contributed by atoms with Gasteiger partial charge in [0.05, 0.1) is 22.7 Å². The molecule has 1 aromatic carbocycles. The molecular weight excluding hydrogens is 278 g/mol. The molecule has 1 saturated heterocycles. The summed E-state index contributed by atoms with van der Waals surface area (Å²) in [7, 11) is 0. The number of halogens is 1. The van der Waals surface area contributed by atoms with Crippen LogP contribution in [0, 0.1) is 0 Å². The van der Waals surface area contributed by atoms with E-state index >= 15 is 0 Å². The van der Waals surface area contributed by atoms with Crippen LogP contribution in [0.2, 0.25) is 5.02 Å². The summed E-state index contributed by atoms with van der Waals surface area (Å²) in [5, 5.41) is 4.37. The molecule has 0 radical (unpaired) electrons. The van der Waals surface area contributed by atoms with Gasteiger partial charge >= 0.3 is 0 Å². The Balaban J connectivity index is 1.90. The summed E-state index contributed by atoms with van der Waals surface area (Å²) in [5.41, 5.74) is 2.07.